The molecule has 26 heavy (non-hydrogen) atoms. The van der Waals surface area contributed by atoms with Crippen LogP contribution in [0, 0.1) is 27.7 Å². The van der Waals surface area contributed by atoms with Crippen LogP contribution in [-0.4, -0.2) is 49.2 Å². The van der Waals surface area contributed by atoms with Crippen LogP contribution < -0.4 is 0 Å². The first-order valence-electron chi connectivity index (χ1n) is 8.96. The van der Waals surface area contributed by atoms with Crippen LogP contribution in [0.5, 0.6) is 0 Å². The lowest BCUT2D eigenvalue weighted by Gasteiger charge is -2.32. The summed E-state index contributed by atoms with van der Waals surface area (Å²) >= 11 is 0. The van der Waals surface area contributed by atoms with Crippen LogP contribution in [0.2, 0.25) is 0 Å². The van der Waals surface area contributed by atoms with E-state index in [1.165, 1.54) is 0 Å². The van der Waals surface area contributed by atoms with Gasteiger partial charge in [-0.1, -0.05) is 0 Å². The molecule has 0 amide bonds. The molecule has 0 saturated carbocycles. The molecule has 1 aliphatic rings. The Hall–Kier alpha value is -2.38. The van der Waals surface area contributed by atoms with E-state index < -0.39 is 0 Å². The Labute approximate surface area is 153 Å². The van der Waals surface area contributed by atoms with Crippen molar-refractivity contribution in [3.05, 3.63) is 52.5 Å². The molecule has 136 valence electrons. The van der Waals surface area contributed by atoms with E-state index in [-0.39, 0.29) is 6.10 Å². The minimum atomic E-state index is -0.0255. The van der Waals surface area contributed by atoms with Gasteiger partial charge in [-0.3, -0.25) is 4.90 Å². The molecule has 4 heterocycles. The molecule has 1 saturated heterocycles. The van der Waals surface area contributed by atoms with Gasteiger partial charge in [0.15, 0.2) is 5.65 Å². The van der Waals surface area contributed by atoms with Crippen LogP contribution >= 0.6 is 0 Å². The Bertz CT molecular complexity index is 930. The van der Waals surface area contributed by atoms with Gasteiger partial charge in [-0.15, -0.1) is 0 Å². The highest BCUT2D eigenvalue weighted by Crippen LogP contribution is 2.23. The second-order valence-electron chi connectivity index (χ2n) is 7.02. The fourth-order valence-corrected chi connectivity index (χ4v) is 3.60. The van der Waals surface area contributed by atoms with Gasteiger partial charge in [0.2, 0.25) is 0 Å². The van der Waals surface area contributed by atoms with Gasteiger partial charge >= 0.3 is 0 Å². The van der Waals surface area contributed by atoms with E-state index in [9.17, 15) is 0 Å². The summed E-state index contributed by atoms with van der Waals surface area (Å²) in [6.07, 6.45) is 1.90. The Kier molecular flexibility index (Phi) is 4.42. The highest BCUT2D eigenvalue weighted by atomic mass is 16.5. The summed E-state index contributed by atoms with van der Waals surface area (Å²) in [6.45, 7) is 11.2. The van der Waals surface area contributed by atoms with Crippen molar-refractivity contribution in [2.24, 2.45) is 0 Å². The summed E-state index contributed by atoms with van der Waals surface area (Å²) in [5, 5.41) is 4.50. The number of hydrogen-bond donors (Lipinski definition) is 0. The smallest absolute Gasteiger partial charge is 0.159 e. The van der Waals surface area contributed by atoms with Gasteiger partial charge in [0.05, 0.1) is 18.5 Å². The van der Waals surface area contributed by atoms with E-state index >= 15 is 0 Å². The van der Waals surface area contributed by atoms with E-state index in [1.54, 1.807) is 0 Å². The third kappa shape index (κ3) is 3.32. The van der Waals surface area contributed by atoms with Gasteiger partial charge in [0.25, 0.3) is 0 Å². The molecule has 0 N–H and O–H groups in total. The van der Waals surface area contributed by atoms with Gasteiger partial charge in [0.1, 0.15) is 11.9 Å². The zero-order valence-corrected chi connectivity index (χ0v) is 15.7. The average molecular weight is 352 g/mol. The quantitative estimate of drug-likeness (QED) is 0.721. The first-order valence-corrected chi connectivity index (χ1v) is 8.96. The number of fused-ring (bicyclic) bond motifs is 1. The van der Waals surface area contributed by atoms with Crippen LogP contribution in [0.4, 0.5) is 0 Å². The van der Waals surface area contributed by atoms with Gasteiger partial charge in [-0.25, -0.2) is 19.5 Å². The van der Waals surface area contributed by atoms with E-state index in [0.717, 1.165) is 59.4 Å². The van der Waals surface area contributed by atoms with E-state index in [1.807, 2.05) is 43.6 Å². The Morgan fingerprint density at radius 2 is 1.88 bits per heavy atom. The van der Waals surface area contributed by atoms with Crippen molar-refractivity contribution in [3.8, 4) is 0 Å². The van der Waals surface area contributed by atoms with Gasteiger partial charge in [0, 0.05) is 42.3 Å². The lowest BCUT2D eigenvalue weighted by atomic mass is 10.1. The molecule has 0 radical (unpaired) electrons. The molecule has 0 aromatic carbocycles. The lowest BCUT2D eigenvalue weighted by Crippen LogP contribution is -2.38. The zero-order chi connectivity index (χ0) is 18.3. The molecule has 1 fully saturated rings. The molecular formula is C19H24N6O. The summed E-state index contributed by atoms with van der Waals surface area (Å²) in [7, 11) is 0. The number of nitrogens with zero attached hydrogens (tertiary/aromatic N) is 6. The third-order valence-corrected chi connectivity index (χ3v) is 4.71. The van der Waals surface area contributed by atoms with Crippen LogP contribution in [-0.2, 0) is 11.3 Å². The molecule has 0 bridgehead atoms. The average Bonchev–Trinajstić information content (AvgIpc) is 2.97. The SMILES string of the molecule is Cc1cc([C@H]2CN(Cc3cnn4c(C)cc(C)nc34)CCO2)nc(C)n1. The van der Waals surface area contributed by atoms with Crippen LogP contribution in [0.1, 0.15) is 40.3 Å². The fourth-order valence-electron chi connectivity index (χ4n) is 3.60. The molecule has 0 unspecified atom stereocenters. The third-order valence-electron chi connectivity index (χ3n) is 4.71. The lowest BCUT2D eigenvalue weighted by molar-refractivity contribution is -0.0350. The molecule has 0 aliphatic carbocycles. The monoisotopic (exact) mass is 352 g/mol. The highest BCUT2D eigenvalue weighted by molar-refractivity contribution is 5.47. The predicted molar refractivity (Wildman–Crippen MR) is 97.9 cm³/mol. The van der Waals surface area contributed by atoms with Crippen molar-refractivity contribution >= 4 is 5.65 Å². The minimum absolute atomic E-state index is 0.0255. The Morgan fingerprint density at radius 1 is 1.08 bits per heavy atom. The van der Waals surface area contributed by atoms with Crippen molar-refractivity contribution in [2.75, 3.05) is 19.7 Å². The highest BCUT2D eigenvalue weighted by Gasteiger charge is 2.24. The van der Waals surface area contributed by atoms with E-state index in [0.29, 0.717) is 6.61 Å². The number of aryl methyl sites for hydroxylation is 4. The second-order valence-corrected chi connectivity index (χ2v) is 7.02. The van der Waals surface area contributed by atoms with Crippen molar-refractivity contribution in [1.29, 1.82) is 0 Å². The topological polar surface area (TPSA) is 68.4 Å². The number of ether oxygens (including phenoxy) is 1. The van der Waals surface area contributed by atoms with Gasteiger partial charge in [-0.05, 0) is 39.8 Å². The fraction of sp³-hybridized carbons (Fsp3) is 0.474. The van der Waals surface area contributed by atoms with Crippen LogP contribution in [0.15, 0.2) is 18.3 Å². The summed E-state index contributed by atoms with van der Waals surface area (Å²) in [5.74, 6) is 0.790. The molecule has 7 heteroatoms. The molecule has 1 atom stereocenters. The maximum Gasteiger partial charge on any atom is 0.159 e. The van der Waals surface area contributed by atoms with Crippen molar-refractivity contribution in [3.63, 3.8) is 0 Å². The van der Waals surface area contributed by atoms with Crippen molar-refractivity contribution in [2.45, 2.75) is 40.3 Å². The number of rotatable bonds is 3. The van der Waals surface area contributed by atoms with Crippen molar-refractivity contribution in [1.82, 2.24) is 29.5 Å². The molecule has 4 rings (SSSR count). The molecular weight excluding hydrogens is 328 g/mol. The molecule has 1 aliphatic heterocycles. The normalized spacial score (nSPS) is 18.5. The van der Waals surface area contributed by atoms with Gasteiger partial charge in [-0.2, -0.15) is 5.10 Å². The summed E-state index contributed by atoms with van der Waals surface area (Å²) in [6, 6.07) is 4.07. The minimum Gasteiger partial charge on any atom is -0.369 e. The maximum atomic E-state index is 5.98. The number of hydrogen-bond acceptors (Lipinski definition) is 6. The first kappa shape index (κ1) is 17.1. The molecule has 0 spiro atoms. The Morgan fingerprint density at radius 3 is 2.69 bits per heavy atom. The largest absolute Gasteiger partial charge is 0.369 e. The van der Waals surface area contributed by atoms with Gasteiger partial charge < -0.3 is 4.74 Å². The summed E-state index contributed by atoms with van der Waals surface area (Å²) in [5.41, 5.74) is 6.15. The maximum absolute atomic E-state index is 5.98. The van der Waals surface area contributed by atoms with Crippen molar-refractivity contribution < 1.29 is 4.74 Å². The van der Waals surface area contributed by atoms with Crippen LogP contribution in [0.25, 0.3) is 5.65 Å². The Balaban J connectivity index is 1.56. The summed E-state index contributed by atoms with van der Waals surface area (Å²) in [4.78, 5) is 16.0. The first-order chi connectivity index (χ1) is 12.5. The molecule has 3 aromatic heterocycles. The molecule has 3 aromatic rings. The second kappa shape index (κ2) is 6.74. The molecule has 7 nitrogen and oxygen atoms in total. The zero-order valence-electron chi connectivity index (χ0n) is 15.7. The summed E-state index contributed by atoms with van der Waals surface area (Å²) < 4.78 is 7.89. The number of aromatic nitrogens is 5. The van der Waals surface area contributed by atoms with E-state index in [2.05, 4.69) is 31.9 Å². The number of morpholine rings is 1. The predicted octanol–water partition coefficient (Wildman–Crippen LogP) is 2.33. The van der Waals surface area contributed by atoms with Crippen LogP contribution in [0.3, 0.4) is 0 Å². The standard InChI is InChI=1S/C19H24N6O/c1-12-7-14(3)25-19(22-12)16(9-20-25)10-24-5-6-26-18(11-24)17-8-13(2)21-15(4)23-17/h7-9,18H,5-6,10-11H2,1-4H3/t18-/m1/s1. The van der Waals surface area contributed by atoms with E-state index in [4.69, 9.17) is 4.74 Å².